The molecule has 0 fully saturated rings. The van der Waals surface area contributed by atoms with E-state index in [4.69, 9.17) is 20.5 Å². The number of rotatable bonds is 6. The average molecular weight is 324 g/mol. The molecule has 0 unspecified atom stereocenters. The Morgan fingerprint density at radius 3 is 2.67 bits per heavy atom. The zero-order valence-electron chi connectivity index (χ0n) is 13.1. The fourth-order valence-electron chi connectivity index (χ4n) is 2.19. The molecule has 2 rings (SSSR count). The van der Waals surface area contributed by atoms with E-state index in [2.05, 4.69) is 0 Å². The van der Waals surface area contributed by atoms with Gasteiger partial charge in [0.1, 0.15) is 17.4 Å². The van der Waals surface area contributed by atoms with Crippen LogP contribution in [0.4, 0.5) is 0 Å². The van der Waals surface area contributed by atoms with Crippen molar-refractivity contribution < 1.29 is 19.1 Å². The van der Waals surface area contributed by atoms with Crippen molar-refractivity contribution in [2.45, 2.75) is 6.92 Å². The molecule has 0 aliphatic rings. The van der Waals surface area contributed by atoms with Crippen molar-refractivity contribution in [3.63, 3.8) is 0 Å². The summed E-state index contributed by atoms with van der Waals surface area (Å²) in [5.74, 6) is -0.978. The van der Waals surface area contributed by atoms with Gasteiger partial charge in [0, 0.05) is 5.56 Å². The molecule has 0 aliphatic carbocycles. The van der Waals surface area contributed by atoms with E-state index in [9.17, 15) is 9.59 Å². The molecule has 1 amide bonds. The van der Waals surface area contributed by atoms with E-state index in [1.165, 1.54) is 6.08 Å². The van der Waals surface area contributed by atoms with E-state index >= 15 is 0 Å². The average Bonchev–Trinajstić information content (AvgIpc) is 2.58. The lowest BCUT2D eigenvalue weighted by molar-refractivity contribution is -0.145. The fraction of sp³-hybridized carbons (Fsp3) is 0.167. The number of carbonyl (C=O) groups is 2. The van der Waals surface area contributed by atoms with E-state index in [0.29, 0.717) is 11.3 Å². The number of nitrogens with zero attached hydrogens (tertiary/aromatic N) is 1. The number of nitrogens with two attached hydrogens (primary N) is 1. The normalized spacial score (nSPS) is 10.9. The SMILES string of the molecule is CCOC(=O)COc1ccc2ccccc2c1/C=C(\C#N)C(N)=O. The number of nitriles is 1. The Hall–Kier alpha value is -3.33. The van der Waals surface area contributed by atoms with Crippen molar-refractivity contribution >= 4 is 28.7 Å². The molecular formula is C18H16N2O4. The molecule has 0 saturated carbocycles. The minimum absolute atomic E-state index is 0.202. The van der Waals surface area contributed by atoms with Crippen molar-refractivity contribution in [1.29, 1.82) is 5.26 Å². The summed E-state index contributed by atoms with van der Waals surface area (Å²) in [6.07, 6.45) is 1.37. The minimum Gasteiger partial charge on any atom is -0.481 e. The van der Waals surface area contributed by atoms with Gasteiger partial charge in [-0.05, 0) is 29.8 Å². The number of primary amides is 1. The molecule has 0 bridgehead atoms. The molecule has 2 aromatic rings. The Balaban J connectivity index is 2.51. The van der Waals surface area contributed by atoms with Gasteiger partial charge >= 0.3 is 5.97 Å². The van der Waals surface area contributed by atoms with Crippen LogP contribution in [-0.4, -0.2) is 25.1 Å². The first-order valence-electron chi connectivity index (χ1n) is 7.28. The highest BCUT2D eigenvalue weighted by molar-refractivity contribution is 6.04. The van der Waals surface area contributed by atoms with E-state index in [-0.39, 0.29) is 18.8 Å². The van der Waals surface area contributed by atoms with Crippen molar-refractivity contribution in [3.8, 4) is 11.8 Å². The molecule has 0 radical (unpaired) electrons. The number of amides is 1. The van der Waals surface area contributed by atoms with Crippen LogP contribution < -0.4 is 10.5 Å². The van der Waals surface area contributed by atoms with Crippen molar-refractivity contribution in [2.75, 3.05) is 13.2 Å². The second-order valence-electron chi connectivity index (χ2n) is 4.83. The summed E-state index contributed by atoms with van der Waals surface area (Å²) in [6.45, 7) is 1.69. The van der Waals surface area contributed by atoms with Crippen LogP contribution in [-0.2, 0) is 14.3 Å². The minimum atomic E-state index is -0.832. The maximum absolute atomic E-state index is 11.5. The third-order valence-corrected chi connectivity index (χ3v) is 3.26. The lowest BCUT2D eigenvalue weighted by atomic mass is 10.0. The number of esters is 1. The summed E-state index contributed by atoms with van der Waals surface area (Å²) in [5, 5.41) is 10.7. The highest BCUT2D eigenvalue weighted by Crippen LogP contribution is 2.30. The quantitative estimate of drug-likeness (QED) is 0.498. The number of hydrogen-bond donors (Lipinski definition) is 1. The second kappa shape index (κ2) is 7.79. The largest absolute Gasteiger partial charge is 0.481 e. The van der Waals surface area contributed by atoms with E-state index in [1.807, 2.05) is 30.3 Å². The van der Waals surface area contributed by atoms with Crippen molar-refractivity contribution in [2.24, 2.45) is 5.73 Å². The van der Waals surface area contributed by atoms with Gasteiger partial charge in [0.05, 0.1) is 6.61 Å². The highest BCUT2D eigenvalue weighted by atomic mass is 16.6. The van der Waals surface area contributed by atoms with Gasteiger partial charge in [-0.1, -0.05) is 30.3 Å². The Morgan fingerprint density at radius 1 is 1.25 bits per heavy atom. The smallest absolute Gasteiger partial charge is 0.344 e. The molecule has 0 saturated heterocycles. The molecule has 0 atom stereocenters. The van der Waals surface area contributed by atoms with Crippen LogP contribution in [0.1, 0.15) is 12.5 Å². The van der Waals surface area contributed by atoms with Gasteiger partial charge in [-0.2, -0.15) is 5.26 Å². The Bertz CT molecular complexity index is 850. The molecule has 24 heavy (non-hydrogen) atoms. The standard InChI is InChI=1S/C18H16N2O4/c1-2-23-17(21)11-24-16-8-7-12-5-3-4-6-14(12)15(16)9-13(10-19)18(20)22/h3-9H,2,11H2,1H3,(H2,20,22)/b13-9+. The van der Waals surface area contributed by atoms with Crippen molar-refractivity contribution in [3.05, 3.63) is 47.5 Å². The fourth-order valence-corrected chi connectivity index (χ4v) is 2.19. The molecule has 6 heteroatoms. The van der Waals surface area contributed by atoms with Gasteiger partial charge in [0.15, 0.2) is 6.61 Å². The molecule has 0 spiro atoms. The number of benzene rings is 2. The van der Waals surface area contributed by atoms with E-state index in [0.717, 1.165) is 10.8 Å². The lowest BCUT2D eigenvalue weighted by Gasteiger charge is -2.12. The maximum atomic E-state index is 11.5. The molecule has 2 N–H and O–H groups in total. The first kappa shape index (κ1) is 17.0. The van der Waals surface area contributed by atoms with Crippen LogP contribution in [0.15, 0.2) is 42.0 Å². The van der Waals surface area contributed by atoms with Gasteiger partial charge in [0.2, 0.25) is 0 Å². The zero-order valence-corrected chi connectivity index (χ0v) is 13.1. The summed E-state index contributed by atoms with van der Waals surface area (Å²) >= 11 is 0. The summed E-state index contributed by atoms with van der Waals surface area (Å²) < 4.78 is 10.3. The first-order valence-corrected chi connectivity index (χ1v) is 7.28. The number of ether oxygens (including phenoxy) is 2. The molecule has 0 aliphatic heterocycles. The van der Waals surface area contributed by atoms with Crippen LogP contribution in [0.25, 0.3) is 16.8 Å². The molecule has 0 heterocycles. The molecule has 2 aromatic carbocycles. The van der Waals surface area contributed by atoms with Crippen LogP contribution in [0.5, 0.6) is 5.75 Å². The Morgan fingerprint density at radius 2 is 2.00 bits per heavy atom. The van der Waals surface area contributed by atoms with Crippen LogP contribution in [0.3, 0.4) is 0 Å². The maximum Gasteiger partial charge on any atom is 0.344 e. The summed E-state index contributed by atoms with van der Waals surface area (Å²) in [5.41, 5.74) is 5.51. The molecule has 122 valence electrons. The third-order valence-electron chi connectivity index (χ3n) is 3.26. The predicted molar refractivity (Wildman–Crippen MR) is 88.9 cm³/mol. The van der Waals surface area contributed by atoms with Crippen LogP contribution >= 0.6 is 0 Å². The number of carbonyl (C=O) groups excluding carboxylic acids is 2. The second-order valence-corrected chi connectivity index (χ2v) is 4.83. The molecule has 6 nitrogen and oxygen atoms in total. The van der Waals surface area contributed by atoms with Gasteiger partial charge in [-0.25, -0.2) is 4.79 Å². The lowest BCUT2D eigenvalue weighted by Crippen LogP contribution is -2.15. The number of fused-ring (bicyclic) bond motifs is 1. The zero-order chi connectivity index (χ0) is 17.5. The topological polar surface area (TPSA) is 102 Å². The Kier molecular flexibility index (Phi) is 5.53. The van der Waals surface area contributed by atoms with E-state index < -0.39 is 11.9 Å². The van der Waals surface area contributed by atoms with Crippen molar-refractivity contribution in [1.82, 2.24) is 0 Å². The Labute approximate surface area is 139 Å². The first-order chi connectivity index (χ1) is 11.6. The molecule has 0 aromatic heterocycles. The third kappa shape index (κ3) is 3.90. The highest BCUT2D eigenvalue weighted by Gasteiger charge is 2.12. The monoisotopic (exact) mass is 324 g/mol. The summed E-state index contributed by atoms with van der Waals surface area (Å²) in [6, 6.07) is 12.7. The summed E-state index contributed by atoms with van der Waals surface area (Å²) in [7, 11) is 0. The van der Waals surface area contributed by atoms with Gasteiger partial charge in [-0.15, -0.1) is 0 Å². The number of hydrogen-bond acceptors (Lipinski definition) is 5. The van der Waals surface area contributed by atoms with E-state index in [1.54, 1.807) is 19.1 Å². The van der Waals surface area contributed by atoms with Crippen LogP contribution in [0.2, 0.25) is 0 Å². The van der Waals surface area contributed by atoms with Gasteiger partial charge in [0.25, 0.3) is 5.91 Å². The molecular weight excluding hydrogens is 308 g/mol. The van der Waals surface area contributed by atoms with Gasteiger partial charge < -0.3 is 15.2 Å². The summed E-state index contributed by atoms with van der Waals surface area (Å²) in [4.78, 5) is 22.8. The predicted octanol–water partition coefficient (Wildman–Crippen LogP) is 2.17. The van der Waals surface area contributed by atoms with Gasteiger partial charge in [-0.3, -0.25) is 4.79 Å². The van der Waals surface area contributed by atoms with Crippen LogP contribution in [0, 0.1) is 11.3 Å².